The highest BCUT2D eigenvalue weighted by atomic mass is 35.5. The molecule has 0 spiro atoms. The first-order valence-electron chi connectivity index (χ1n) is 8.34. The lowest BCUT2D eigenvalue weighted by atomic mass is 9.84. The van der Waals surface area contributed by atoms with Crippen LogP contribution in [0.15, 0.2) is 18.5 Å². The van der Waals surface area contributed by atoms with E-state index in [0.717, 1.165) is 19.3 Å². The lowest BCUT2D eigenvalue weighted by Gasteiger charge is -2.37. The fraction of sp³-hybridized carbons (Fsp3) is 0.588. The third-order valence-electron chi connectivity index (χ3n) is 4.82. The topological polar surface area (TPSA) is 62.3 Å². The van der Waals surface area contributed by atoms with Crippen molar-refractivity contribution < 1.29 is 9.59 Å². The van der Waals surface area contributed by atoms with Crippen molar-refractivity contribution in [1.29, 1.82) is 0 Å². The molecule has 2 heterocycles. The Morgan fingerprint density at radius 1 is 1.30 bits per heavy atom. The highest BCUT2D eigenvalue weighted by Gasteiger charge is 2.35. The number of carbonyl (C=O) groups is 2. The second-order valence-electron chi connectivity index (χ2n) is 6.44. The van der Waals surface area contributed by atoms with Crippen LogP contribution in [0, 0.1) is 5.92 Å². The van der Waals surface area contributed by atoms with Crippen molar-refractivity contribution in [3.05, 3.63) is 29.0 Å². The molecule has 1 aliphatic heterocycles. The number of amides is 2. The number of hydrogen-bond acceptors (Lipinski definition) is 3. The standard InChI is InChI=1S/C17H22ClN3O2/c18-14-9-13(10-19-11-14)17(23)21-7-6-20-16(22)15(21)8-12-4-2-1-3-5-12/h9-12,15H,1-8H2,(H,20,22)/t15-/m1/s1. The van der Waals surface area contributed by atoms with E-state index in [1.165, 1.54) is 31.7 Å². The number of pyridine rings is 1. The van der Waals surface area contributed by atoms with Gasteiger partial charge < -0.3 is 10.2 Å². The van der Waals surface area contributed by atoms with E-state index in [4.69, 9.17) is 11.6 Å². The van der Waals surface area contributed by atoms with Crippen molar-refractivity contribution in [2.75, 3.05) is 13.1 Å². The van der Waals surface area contributed by atoms with Gasteiger partial charge in [0, 0.05) is 25.5 Å². The molecule has 0 unspecified atom stereocenters. The SMILES string of the molecule is O=C1NCCN(C(=O)c2cncc(Cl)c2)[C@@H]1CC1CCCCC1. The molecule has 0 radical (unpaired) electrons. The van der Waals surface area contributed by atoms with E-state index in [1.54, 1.807) is 11.0 Å². The molecule has 1 atom stereocenters. The molecule has 3 rings (SSSR count). The quantitative estimate of drug-likeness (QED) is 0.923. The van der Waals surface area contributed by atoms with Gasteiger partial charge in [-0.1, -0.05) is 43.7 Å². The molecule has 2 fully saturated rings. The van der Waals surface area contributed by atoms with Gasteiger partial charge in [-0.2, -0.15) is 0 Å². The molecule has 0 bridgehead atoms. The van der Waals surface area contributed by atoms with Gasteiger partial charge in [-0.25, -0.2) is 0 Å². The summed E-state index contributed by atoms with van der Waals surface area (Å²) in [5.41, 5.74) is 0.445. The number of piperazine rings is 1. The Kier molecular flexibility index (Phi) is 5.16. The van der Waals surface area contributed by atoms with Gasteiger partial charge in [0.2, 0.25) is 5.91 Å². The van der Waals surface area contributed by atoms with E-state index in [0.29, 0.717) is 29.6 Å². The summed E-state index contributed by atoms with van der Waals surface area (Å²) in [6.07, 6.45) is 9.82. The molecule has 1 N–H and O–H groups in total. The molecule has 2 aliphatic rings. The lowest BCUT2D eigenvalue weighted by Crippen LogP contribution is -2.57. The second kappa shape index (κ2) is 7.30. The van der Waals surface area contributed by atoms with Crippen LogP contribution in [0.25, 0.3) is 0 Å². The van der Waals surface area contributed by atoms with Crippen LogP contribution >= 0.6 is 11.6 Å². The monoisotopic (exact) mass is 335 g/mol. The summed E-state index contributed by atoms with van der Waals surface area (Å²) in [5, 5.41) is 3.33. The maximum Gasteiger partial charge on any atom is 0.256 e. The minimum Gasteiger partial charge on any atom is -0.353 e. The van der Waals surface area contributed by atoms with Crippen LogP contribution in [0.4, 0.5) is 0 Å². The van der Waals surface area contributed by atoms with Crippen LogP contribution in [0.5, 0.6) is 0 Å². The van der Waals surface area contributed by atoms with Crippen molar-refractivity contribution in [1.82, 2.24) is 15.2 Å². The van der Waals surface area contributed by atoms with E-state index in [1.807, 2.05) is 0 Å². The second-order valence-corrected chi connectivity index (χ2v) is 6.87. The van der Waals surface area contributed by atoms with E-state index in [2.05, 4.69) is 10.3 Å². The first-order valence-corrected chi connectivity index (χ1v) is 8.72. The number of hydrogen-bond donors (Lipinski definition) is 1. The first-order chi connectivity index (χ1) is 11.1. The minimum absolute atomic E-state index is 0.0369. The van der Waals surface area contributed by atoms with Crippen molar-refractivity contribution in [2.45, 2.75) is 44.6 Å². The Bertz CT molecular complexity index is 587. The first kappa shape index (κ1) is 16.2. The summed E-state index contributed by atoms with van der Waals surface area (Å²) >= 11 is 5.94. The molecule has 1 aromatic rings. The molecule has 5 nitrogen and oxygen atoms in total. The fourth-order valence-corrected chi connectivity index (χ4v) is 3.80. The highest BCUT2D eigenvalue weighted by molar-refractivity contribution is 6.30. The molecule has 2 amide bonds. The Labute approximate surface area is 141 Å². The van der Waals surface area contributed by atoms with E-state index < -0.39 is 0 Å². The van der Waals surface area contributed by atoms with Crippen LogP contribution in [0.3, 0.4) is 0 Å². The van der Waals surface area contributed by atoms with Crippen molar-refractivity contribution in [3.8, 4) is 0 Å². The van der Waals surface area contributed by atoms with Gasteiger partial charge in [0.1, 0.15) is 6.04 Å². The Hall–Kier alpha value is -1.62. The maximum absolute atomic E-state index is 12.8. The van der Waals surface area contributed by atoms with Crippen LogP contribution in [0.2, 0.25) is 5.02 Å². The molecule has 1 aromatic heterocycles. The fourth-order valence-electron chi connectivity index (χ4n) is 3.63. The molecule has 0 aromatic carbocycles. The zero-order chi connectivity index (χ0) is 16.2. The number of halogens is 1. The number of aromatic nitrogens is 1. The normalized spacial score (nSPS) is 22.7. The lowest BCUT2D eigenvalue weighted by molar-refractivity contribution is -0.128. The summed E-state index contributed by atoms with van der Waals surface area (Å²) in [6.45, 7) is 1.04. The van der Waals surface area contributed by atoms with Crippen molar-refractivity contribution >= 4 is 23.4 Å². The van der Waals surface area contributed by atoms with Crippen LogP contribution in [-0.4, -0.2) is 40.8 Å². The predicted octanol–water partition coefficient (Wildman–Crippen LogP) is 2.65. The summed E-state index contributed by atoms with van der Waals surface area (Å²) < 4.78 is 0. The summed E-state index contributed by atoms with van der Waals surface area (Å²) in [4.78, 5) is 30.8. The average molecular weight is 336 g/mol. The third kappa shape index (κ3) is 3.83. The Morgan fingerprint density at radius 3 is 2.83 bits per heavy atom. The van der Waals surface area contributed by atoms with E-state index in [-0.39, 0.29) is 17.9 Å². The Morgan fingerprint density at radius 2 is 2.09 bits per heavy atom. The van der Waals surface area contributed by atoms with Crippen molar-refractivity contribution in [2.24, 2.45) is 5.92 Å². The zero-order valence-corrected chi connectivity index (χ0v) is 13.9. The Balaban J connectivity index is 1.76. The predicted molar refractivity (Wildman–Crippen MR) is 88.3 cm³/mol. The number of rotatable bonds is 3. The molecule has 23 heavy (non-hydrogen) atoms. The van der Waals surface area contributed by atoms with Gasteiger partial charge in [-0.05, 0) is 18.4 Å². The summed E-state index contributed by atoms with van der Waals surface area (Å²) in [7, 11) is 0. The summed E-state index contributed by atoms with van der Waals surface area (Å²) in [6, 6.07) is 1.24. The molecule has 1 aliphatic carbocycles. The molecule has 1 saturated heterocycles. The van der Waals surface area contributed by atoms with Gasteiger partial charge in [0.15, 0.2) is 0 Å². The highest BCUT2D eigenvalue weighted by Crippen LogP contribution is 2.29. The van der Waals surface area contributed by atoms with Gasteiger partial charge >= 0.3 is 0 Å². The van der Waals surface area contributed by atoms with Gasteiger partial charge in [0.25, 0.3) is 5.91 Å². The van der Waals surface area contributed by atoms with E-state index >= 15 is 0 Å². The van der Waals surface area contributed by atoms with Gasteiger partial charge in [-0.3, -0.25) is 14.6 Å². The van der Waals surface area contributed by atoms with Crippen molar-refractivity contribution in [3.63, 3.8) is 0 Å². The summed E-state index contributed by atoms with van der Waals surface area (Å²) in [5.74, 6) is 0.339. The van der Waals surface area contributed by atoms with Crippen LogP contribution in [-0.2, 0) is 4.79 Å². The van der Waals surface area contributed by atoms with Crippen LogP contribution in [0.1, 0.15) is 48.9 Å². The molecule has 1 saturated carbocycles. The average Bonchev–Trinajstić information content (AvgIpc) is 2.57. The molecular weight excluding hydrogens is 314 g/mol. The van der Waals surface area contributed by atoms with E-state index in [9.17, 15) is 9.59 Å². The largest absolute Gasteiger partial charge is 0.353 e. The van der Waals surface area contributed by atoms with Gasteiger partial charge in [0.05, 0.1) is 10.6 Å². The maximum atomic E-state index is 12.8. The molecular formula is C17H22ClN3O2. The van der Waals surface area contributed by atoms with Crippen LogP contribution < -0.4 is 5.32 Å². The molecule has 124 valence electrons. The number of nitrogens with zero attached hydrogens (tertiary/aromatic N) is 2. The smallest absolute Gasteiger partial charge is 0.256 e. The zero-order valence-electron chi connectivity index (χ0n) is 13.1. The number of nitrogens with one attached hydrogen (secondary N) is 1. The number of carbonyl (C=O) groups excluding carboxylic acids is 2. The molecule has 6 heteroatoms. The minimum atomic E-state index is -0.377. The third-order valence-corrected chi connectivity index (χ3v) is 5.03. The van der Waals surface area contributed by atoms with Gasteiger partial charge in [-0.15, -0.1) is 0 Å².